The molecule has 1 amide bonds. The molecule has 0 saturated carbocycles. The Morgan fingerprint density at radius 3 is 2.13 bits per heavy atom. The molecule has 0 N–H and O–H groups in total. The van der Waals surface area contributed by atoms with Crippen LogP contribution in [0.4, 0.5) is 18.9 Å². The molecule has 0 aliphatic rings. The van der Waals surface area contributed by atoms with Crippen LogP contribution in [0.2, 0.25) is 0 Å². The second-order valence-corrected chi connectivity index (χ2v) is 6.81. The smallest absolute Gasteiger partial charge is 0.311 e. The predicted octanol–water partition coefficient (Wildman–Crippen LogP) is 6.20. The van der Waals surface area contributed by atoms with Crippen LogP contribution in [0.3, 0.4) is 0 Å². The highest BCUT2D eigenvalue weighted by Crippen LogP contribution is 2.38. The molecule has 30 heavy (non-hydrogen) atoms. The van der Waals surface area contributed by atoms with Crippen molar-refractivity contribution in [3.8, 4) is 11.1 Å². The number of hydrogen-bond acceptors (Lipinski definition) is 2. The van der Waals surface area contributed by atoms with Crippen LogP contribution in [0.5, 0.6) is 0 Å². The lowest BCUT2D eigenvalue weighted by Gasteiger charge is -2.21. The van der Waals surface area contributed by atoms with E-state index in [1.165, 1.54) is 17.2 Å². The summed E-state index contributed by atoms with van der Waals surface area (Å²) in [7, 11) is 1.63. The fourth-order valence-corrected chi connectivity index (χ4v) is 3.48. The van der Waals surface area contributed by atoms with Crippen LogP contribution in [0.1, 0.15) is 15.9 Å². The quantitative estimate of drug-likeness (QED) is 0.406. The van der Waals surface area contributed by atoms with E-state index < -0.39 is 11.7 Å². The molecule has 6 heteroatoms. The molecule has 3 nitrogen and oxygen atoms in total. The lowest BCUT2D eigenvalue weighted by Crippen LogP contribution is -2.27. The third-order valence-corrected chi connectivity index (χ3v) is 4.94. The van der Waals surface area contributed by atoms with Gasteiger partial charge in [-0.25, -0.2) is 0 Å². The van der Waals surface area contributed by atoms with Gasteiger partial charge in [-0.05, 0) is 23.8 Å². The number of alkyl halides is 3. The SMILES string of the molecule is CN(C(=O)c1cnc2c(C(F)(F)F)cccc2c1-c1ccccc1)c1ccccc1. The van der Waals surface area contributed by atoms with E-state index in [2.05, 4.69) is 4.98 Å². The molecule has 0 unspecified atom stereocenters. The van der Waals surface area contributed by atoms with Gasteiger partial charge in [-0.3, -0.25) is 9.78 Å². The molecule has 0 bridgehead atoms. The first-order valence-electron chi connectivity index (χ1n) is 9.25. The topological polar surface area (TPSA) is 33.2 Å². The number of pyridine rings is 1. The minimum absolute atomic E-state index is 0.178. The average Bonchev–Trinajstić information content (AvgIpc) is 2.77. The zero-order valence-corrected chi connectivity index (χ0v) is 16.0. The van der Waals surface area contributed by atoms with Gasteiger partial charge >= 0.3 is 6.18 Å². The Morgan fingerprint density at radius 1 is 0.867 bits per heavy atom. The number of aromatic nitrogens is 1. The van der Waals surface area contributed by atoms with Crippen molar-refractivity contribution in [1.29, 1.82) is 0 Å². The van der Waals surface area contributed by atoms with E-state index in [1.807, 2.05) is 24.3 Å². The van der Waals surface area contributed by atoms with Gasteiger partial charge in [-0.1, -0.05) is 60.7 Å². The lowest BCUT2D eigenvalue weighted by atomic mass is 9.94. The third kappa shape index (κ3) is 3.52. The molecule has 0 aliphatic carbocycles. The Bertz CT molecular complexity index is 1210. The van der Waals surface area contributed by atoms with Crippen LogP contribution in [-0.2, 0) is 6.18 Å². The van der Waals surface area contributed by atoms with E-state index in [0.29, 0.717) is 16.8 Å². The molecule has 0 radical (unpaired) electrons. The number of anilines is 1. The molecule has 1 heterocycles. The van der Waals surface area contributed by atoms with Crippen molar-refractivity contribution in [1.82, 2.24) is 4.98 Å². The van der Waals surface area contributed by atoms with Crippen LogP contribution < -0.4 is 4.90 Å². The van der Waals surface area contributed by atoms with E-state index in [1.54, 1.807) is 49.5 Å². The maximum Gasteiger partial charge on any atom is 0.418 e. The molecule has 0 saturated heterocycles. The second kappa shape index (κ2) is 7.63. The number of fused-ring (bicyclic) bond motifs is 1. The third-order valence-electron chi connectivity index (χ3n) is 4.94. The molecule has 1 aromatic heterocycles. The van der Waals surface area contributed by atoms with E-state index in [9.17, 15) is 18.0 Å². The van der Waals surface area contributed by atoms with Crippen molar-refractivity contribution in [3.05, 3.63) is 96.2 Å². The molecule has 3 aromatic carbocycles. The summed E-state index contributed by atoms with van der Waals surface area (Å²) in [4.78, 5) is 18.9. The first-order valence-corrected chi connectivity index (χ1v) is 9.25. The van der Waals surface area contributed by atoms with Gasteiger partial charge in [-0.2, -0.15) is 13.2 Å². The lowest BCUT2D eigenvalue weighted by molar-refractivity contribution is -0.136. The van der Waals surface area contributed by atoms with Gasteiger partial charge in [0, 0.05) is 29.9 Å². The van der Waals surface area contributed by atoms with Crippen LogP contribution in [0.15, 0.2) is 85.1 Å². The molecule has 0 fully saturated rings. The number of amides is 1. The summed E-state index contributed by atoms with van der Waals surface area (Å²) in [6.07, 6.45) is -3.31. The molecule has 0 spiro atoms. The summed E-state index contributed by atoms with van der Waals surface area (Å²) in [5.74, 6) is -0.355. The van der Waals surface area contributed by atoms with E-state index >= 15 is 0 Å². The zero-order valence-electron chi connectivity index (χ0n) is 16.0. The van der Waals surface area contributed by atoms with Crippen molar-refractivity contribution >= 4 is 22.5 Å². The number of halogens is 3. The van der Waals surface area contributed by atoms with E-state index in [-0.39, 0.29) is 22.4 Å². The minimum Gasteiger partial charge on any atom is -0.311 e. The van der Waals surface area contributed by atoms with Crippen LogP contribution in [0.25, 0.3) is 22.0 Å². The number of para-hydroxylation sites is 2. The van der Waals surface area contributed by atoms with Crippen LogP contribution >= 0.6 is 0 Å². The average molecular weight is 406 g/mol. The van der Waals surface area contributed by atoms with Crippen molar-refractivity contribution in [3.63, 3.8) is 0 Å². The summed E-state index contributed by atoms with van der Waals surface area (Å²) in [6.45, 7) is 0. The number of hydrogen-bond donors (Lipinski definition) is 0. The summed E-state index contributed by atoms with van der Waals surface area (Å²) in [6, 6.07) is 21.9. The zero-order chi connectivity index (χ0) is 21.3. The standard InChI is InChI=1S/C24H17F3N2O/c1-29(17-11-6-3-7-12-17)23(30)19-15-28-22-18(13-8-14-20(22)24(25,26)27)21(19)16-9-4-2-5-10-16/h2-15H,1H3. The minimum atomic E-state index is -4.55. The Hall–Kier alpha value is -3.67. The summed E-state index contributed by atoms with van der Waals surface area (Å²) in [5.41, 5.74) is 0.980. The van der Waals surface area contributed by atoms with E-state index in [0.717, 1.165) is 6.07 Å². The van der Waals surface area contributed by atoms with Crippen molar-refractivity contribution < 1.29 is 18.0 Å². The largest absolute Gasteiger partial charge is 0.418 e. The first kappa shape index (κ1) is 19.6. The maximum absolute atomic E-state index is 13.5. The molecule has 4 rings (SSSR count). The molecule has 0 atom stereocenters. The number of carbonyl (C=O) groups excluding carboxylic acids is 1. The highest BCUT2D eigenvalue weighted by Gasteiger charge is 2.34. The summed E-state index contributed by atoms with van der Waals surface area (Å²) < 4.78 is 40.6. The van der Waals surface area contributed by atoms with Gasteiger partial charge in [0.25, 0.3) is 5.91 Å². The summed E-state index contributed by atoms with van der Waals surface area (Å²) >= 11 is 0. The number of nitrogens with zero attached hydrogens (tertiary/aromatic N) is 2. The van der Waals surface area contributed by atoms with Crippen molar-refractivity contribution in [2.24, 2.45) is 0 Å². The Balaban J connectivity index is 1.98. The predicted molar refractivity (Wildman–Crippen MR) is 111 cm³/mol. The van der Waals surface area contributed by atoms with E-state index in [4.69, 9.17) is 0 Å². The first-order chi connectivity index (χ1) is 14.4. The number of carbonyl (C=O) groups is 1. The van der Waals surface area contributed by atoms with Gasteiger partial charge < -0.3 is 4.90 Å². The maximum atomic E-state index is 13.5. The summed E-state index contributed by atoms with van der Waals surface area (Å²) in [5, 5.41) is 0.281. The Kier molecular flexibility index (Phi) is 4.99. The molecular formula is C24H17F3N2O. The Labute approximate surface area is 171 Å². The van der Waals surface area contributed by atoms with Crippen molar-refractivity contribution in [2.75, 3.05) is 11.9 Å². The highest BCUT2D eigenvalue weighted by molar-refractivity contribution is 6.14. The molecule has 150 valence electrons. The van der Waals surface area contributed by atoms with Gasteiger partial charge in [0.1, 0.15) is 0 Å². The van der Waals surface area contributed by atoms with Gasteiger partial charge in [0.2, 0.25) is 0 Å². The van der Waals surface area contributed by atoms with Crippen LogP contribution in [0, 0.1) is 0 Å². The second-order valence-electron chi connectivity index (χ2n) is 6.81. The molecule has 4 aromatic rings. The monoisotopic (exact) mass is 406 g/mol. The highest BCUT2D eigenvalue weighted by atomic mass is 19.4. The molecule has 0 aliphatic heterocycles. The Morgan fingerprint density at radius 2 is 1.50 bits per heavy atom. The van der Waals surface area contributed by atoms with Gasteiger partial charge in [0.15, 0.2) is 0 Å². The van der Waals surface area contributed by atoms with Crippen LogP contribution in [-0.4, -0.2) is 17.9 Å². The normalized spacial score (nSPS) is 11.5. The van der Waals surface area contributed by atoms with Gasteiger partial charge in [0.05, 0.1) is 16.6 Å². The molecular weight excluding hydrogens is 389 g/mol. The van der Waals surface area contributed by atoms with Gasteiger partial charge in [-0.15, -0.1) is 0 Å². The fourth-order valence-electron chi connectivity index (χ4n) is 3.48. The fraction of sp³-hybridized carbons (Fsp3) is 0.0833. The number of rotatable bonds is 3. The van der Waals surface area contributed by atoms with Crippen molar-refractivity contribution in [2.45, 2.75) is 6.18 Å². The number of benzene rings is 3.